The minimum absolute atomic E-state index is 0.0222. The van der Waals surface area contributed by atoms with Gasteiger partial charge in [-0.25, -0.2) is 14.5 Å². The number of carboxylic acid groups (broad SMARTS) is 1. The maximum Gasteiger partial charge on any atom is 0.328 e. The average Bonchev–Trinajstić information content (AvgIpc) is 3.06. The molecule has 1 N–H and O–H groups in total. The molecule has 0 aliphatic carbocycles. The zero-order valence-electron chi connectivity index (χ0n) is 16.5. The van der Waals surface area contributed by atoms with Gasteiger partial charge in [-0.05, 0) is 45.4 Å². The fraction of sp³-hybridized carbons (Fsp3) is 0.333. The van der Waals surface area contributed by atoms with Crippen LogP contribution in [0.5, 0.6) is 0 Å². The summed E-state index contributed by atoms with van der Waals surface area (Å²) in [5.41, 5.74) is 4.89. The van der Waals surface area contributed by atoms with Gasteiger partial charge in [-0.1, -0.05) is 0 Å². The van der Waals surface area contributed by atoms with Crippen molar-refractivity contribution in [3.63, 3.8) is 0 Å². The number of aromatic nitrogens is 4. The van der Waals surface area contributed by atoms with Gasteiger partial charge >= 0.3 is 5.97 Å². The Labute approximate surface area is 163 Å². The molecule has 0 radical (unpaired) electrons. The Balaban J connectivity index is 2.35. The van der Waals surface area contributed by atoms with E-state index < -0.39 is 5.97 Å². The molecule has 3 aromatic rings. The van der Waals surface area contributed by atoms with Crippen molar-refractivity contribution in [2.75, 3.05) is 0 Å². The SMILES string of the molecule is CCn1ncc2c(-c3cncc(C)c3)c(/C=C/C(=O)O)c(COC(C)C)nc21. The lowest BCUT2D eigenvalue weighted by atomic mass is 9.96. The highest BCUT2D eigenvalue weighted by molar-refractivity contribution is 5.99. The van der Waals surface area contributed by atoms with E-state index in [-0.39, 0.29) is 12.7 Å². The van der Waals surface area contributed by atoms with Gasteiger partial charge in [0.05, 0.1) is 24.6 Å². The Kier molecular flexibility index (Phi) is 5.84. The van der Waals surface area contributed by atoms with Crippen LogP contribution in [-0.4, -0.2) is 36.9 Å². The maximum atomic E-state index is 11.2. The number of hydrogen-bond acceptors (Lipinski definition) is 5. The minimum atomic E-state index is -1.02. The van der Waals surface area contributed by atoms with Crippen LogP contribution in [0.1, 0.15) is 37.6 Å². The molecular weight excluding hydrogens is 356 g/mol. The van der Waals surface area contributed by atoms with Crippen LogP contribution in [0.4, 0.5) is 0 Å². The first-order chi connectivity index (χ1) is 13.4. The van der Waals surface area contributed by atoms with Gasteiger partial charge in [0.25, 0.3) is 0 Å². The first-order valence-electron chi connectivity index (χ1n) is 9.23. The first-order valence-corrected chi connectivity index (χ1v) is 9.23. The van der Waals surface area contributed by atoms with Crippen LogP contribution in [0.25, 0.3) is 28.2 Å². The van der Waals surface area contributed by atoms with Crippen LogP contribution in [0.2, 0.25) is 0 Å². The molecule has 0 saturated carbocycles. The van der Waals surface area contributed by atoms with E-state index in [1.54, 1.807) is 24.7 Å². The normalized spacial score (nSPS) is 11.8. The highest BCUT2D eigenvalue weighted by atomic mass is 16.5. The fourth-order valence-electron chi connectivity index (χ4n) is 3.07. The topological polar surface area (TPSA) is 90.1 Å². The zero-order chi connectivity index (χ0) is 20.3. The molecule has 0 aromatic carbocycles. The highest BCUT2D eigenvalue weighted by Crippen LogP contribution is 2.34. The van der Waals surface area contributed by atoms with Gasteiger partial charge < -0.3 is 9.84 Å². The molecule has 0 amide bonds. The molecule has 0 fully saturated rings. The summed E-state index contributed by atoms with van der Waals surface area (Å²) in [6.45, 7) is 8.83. The molecule has 0 saturated heterocycles. The molecule has 3 rings (SSSR count). The number of hydrogen-bond donors (Lipinski definition) is 1. The van der Waals surface area contributed by atoms with E-state index in [1.165, 1.54) is 0 Å². The van der Waals surface area contributed by atoms with Crippen molar-refractivity contribution >= 4 is 23.1 Å². The second-order valence-electron chi connectivity index (χ2n) is 6.83. The summed E-state index contributed by atoms with van der Waals surface area (Å²) in [6, 6.07) is 2.02. The molecule has 7 nitrogen and oxygen atoms in total. The van der Waals surface area contributed by atoms with Crippen LogP contribution in [0.3, 0.4) is 0 Å². The monoisotopic (exact) mass is 380 g/mol. The third kappa shape index (κ3) is 4.09. The number of carboxylic acids is 1. The van der Waals surface area contributed by atoms with Crippen LogP contribution in [0.15, 0.2) is 30.7 Å². The molecule has 146 valence electrons. The third-order valence-corrected chi connectivity index (χ3v) is 4.31. The van der Waals surface area contributed by atoms with E-state index >= 15 is 0 Å². The number of nitrogens with zero attached hydrogens (tertiary/aromatic N) is 4. The first kappa shape index (κ1) is 19.7. The molecule has 7 heteroatoms. The standard InChI is InChI=1S/C21H24N4O3/c1-5-25-21-17(11-23-25)20(15-8-14(4)9-22-10-15)16(6-7-19(26)27)18(24-21)12-28-13(2)3/h6-11,13H,5,12H2,1-4H3,(H,26,27)/b7-6+. The second-order valence-corrected chi connectivity index (χ2v) is 6.83. The minimum Gasteiger partial charge on any atom is -0.478 e. The molecule has 0 aliphatic rings. The molecule has 3 aromatic heterocycles. The molecule has 0 aliphatic heterocycles. The van der Waals surface area contributed by atoms with Crippen LogP contribution >= 0.6 is 0 Å². The highest BCUT2D eigenvalue weighted by Gasteiger charge is 2.19. The summed E-state index contributed by atoms with van der Waals surface area (Å²) >= 11 is 0. The number of rotatable bonds is 7. The molecule has 0 spiro atoms. The lowest BCUT2D eigenvalue weighted by Gasteiger charge is -2.15. The third-order valence-electron chi connectivity index (χ3n) is 4.31. The van der Waals surface area contributed by atoms with Crippen molar-refractivity contribution in [1.82, 2.24) is 19.7 Å². The van der Waals surface area contributed by atoms with Gasteiger partial charge in [0.2, 0.25) is 0 Å². The average molecular weight is 380 g/mol. The number of carbonyl (C=O) groups is 1. The van der Waals surface area contributed by atoms with E-state index in [2.05, 4.69) is 10.1 Å². The van der Waals surface area contributed by atoms with Crippen molar-refractivity contribution in [3.05, 3.63) is 47.6 Å². The Hall–Kier alpha value is -3.06. The van der Waals surface area contributed by atoms with Crippen LogP contribution < -0.4 is 0 Å². The summed E-state index contributed by atoms with van der Waals surface area (Å²) in [7, 11) is 0. The van der Waals surface area contributed by atoms with Crippen molar-refractivity contribution in [2.24, 2.45) is 0 Å². The Morgan fingerprint density at radius 2 is 2.11 bits per heavy atom. The number of pyridine rings is 2. The quantitative estimate of drug-likeness (QED) is 0.626. The van der Waals surface area contributed by atoms with Gasteiger partial charge in [-0.3, -0.25) is 4.98 Å². The van der Waals surface area contributed by atoms with Gasteiger partial charge in [0.15, 0.2) is 5.65 Å². The molecule has 0 unspecified atom stereocenters. The number of aliphatic carboxylic acids is 1. The fourth-order valence-corrected chi connectivity index (χ4v) is 3.07. The second kappa shape index (κ2) is 8.31. The van der Waals surface area contributed by atoms with Gasteiger partial charge in [0.1, 0.15) is 0 Å². The number of ether oxygens (including phenoxy) is 1. The summed E-state index contributed by atoms with van der Waals surface area (Å²) in [5, 5.41) is 14.5. The van der Waals surface area contributed by atoms with Crippen LogP contribution in [0, 0.1) is 6.92 Å². The Bertz CT molecular complexity index is 1040. The molecular formula is C21H24N4O3. The summed E-state index contributed by atoms with van der Waals surface area (Å²) in [4.78, 5) is 20.3. The van der Waals surface area contributed by atoms with Crippen molar-refractivity contribution in [3.8, 4) is 11.1 Å². The van der Waals surface area contributed by atoms with Gasteiger partial charge in [0, 0.05) is 47.1 Å². The molecule has 0 atom stereocenters. The van der Waals surface area contributed by atoms with Crippen molar-refractivity contribution in [1.29, 1.82) is 0 Å². The number of aryl methyl sites for hydroxylation is 2. The predicted molar refractivity (Wildman–Crippen MR) is 108 cm³/mol. The van der Waals surface area contributed by atoms with E-state index in [9.17, 15) is 9.90 Å². The van der Waals surface area contributed by atoms with E-state index in [1.807, 2.05) is 38.4 Å². The lowest BCUT2D eigenvalue weighted by Crippen LogP contribution is -2.08. The molecule has 0 bridgehead atoms. The summed E-state index contributed by atoms with van der Waals surface area (Å²) in [5.74, 6) is -1.02. The number of fused-ring (bicyclic) bond motifs is 1. The maximum absolute atomic E-state index is 11.2. The Morgan fingerprint density at radius 1 is 1.32 bits per heavy atom. The smallest absolute Gasteiger partial charge is 0.328 e. The lowest BCUT2D eigenvalue weighted by molar-refractivity contribution is -0.131. The van der Waals surface area contributed by atoms with E-state index in [4.69, 9.17) is 9.72 Å². The molecule has 28 heavy (non-hydrogen) atoms. The van der Waals surface area contributed by atoms with Crippen LogP contribution in [-0.2, 0) is 22.7 Å². The van der Waals surface area contributed by atoms with E-state index in [0.717, 1.165) is 33.8 Å². The summed E-state index contributed by atoms with van der Waals surface area (Å²) in [6.07, 6.45) is 8.06. The van der Waals surface area contributed by atoms with Crippen molar-refractivity contribution < 1.29 is 14.6 Å². The van der Waals surface area contributed by atoms with Crippen molar-refractivity contribution in [2.45, 2.75) is 47.0 Å². The predicted octanol–water partition coefficient (Wildman–Crippen LogP) is 3.84. The largest absolute Gasteiger partial charge is 0.478 e. The zero-order valence-corrected chi connectivity index (χ0v) is 16.5. The molecule has 3 heterocycles. The van der Waals surface area contributed by atoms with Gasteiger partial charge in [-0.15, -0.1) is 0 Å². The van der Waals surface area contributed by atoms with Gasteiger partial charge in [-0.2, -0.15) is 5.10 Å². The Morgan fingerprint density at radius 3 is 2.75 bits per heavy atom. The van der Waals surface area contributed by atoms with E-state index in [0.29, 0.717) is 17.8 Å². The summed E-state index contributed by atoms with van der Waals surface area (Å²) < 4.78 is 7.62.